The van der Waals surface area contributed by atoms with Gasteiger partial charge in [-0.05, 0) is 219 Å². The minimum absolute atomic E-state index is 0.0430. The van der Waals surface area contributed by atoms with Gasteiger partial charge >= 0.3 is 0 Å². The van der Waals surface area contributed by atoms with Crippen LogP contribution in [0.5, 0.6) is 0 Å². The van der Waals surface area contributed by atoms with Crippen molar-refractivity contribution in [3.05, 3.63) is 514 Å². The van der Waals surface area contributed by atoms with Gasteiger partial charge < -0.3 is 13.7 Å². The van der Waals surface area contributed by atoms with Gasteiger partial charge in [-0.1, -0.05) is 433 Å². The van der Waals surface area contributed by atoms with Crippen molar-refractivity contribution in [2.24, 2.45) is 21.1 Å². The molecule has 0 radical (unpaired) electrons. The molecule has 0 amide bonds. The molecule has 3 heteroatoms. The van der Waals surface area contributed by atoms with Crippen molar-refractivity contribution in [2.75, 3.05) is 0 Å². The van der Waals surface area contributed by atoms with Crippen molar-refractivity contribution in [1.29, 1.82) is 0 Å². The SMILES string of the molecule is Cc1ccc2c(c1)-c1ccccc1C21c2ccccc2-c2ccccc21.Cc1ccc2c(c1)C(C)(C)c1c-2ccc2c1C(C)(C)c1ccccc1-2.Cc1ccc2c(c1)C1(c3ccccc3-c3ccccc31)c1ccccc1-2.Cn1c2ccccc2c2c(-c3ccccc3)cccc21.Cn1c2ccccc2c2cc(-c3ccccc3)ccc21.Cn1c2ccccc2c2ccccc21. The second-order valence-corrected chi connectivity index (χ2v) is 37.5. The number of hydrogen-bond acceptors (Lipinski definition) is 0. The molecule has 0 unspecified atom stereocenters. The summed E-state index contributed by atoms with van der Waals surface area (Å²) >= 11 is 0. The molecule has 0 bridgehead atoms. The normalized spacial score (nSPS) is 13.8. The van der Waals surface area contributed by atoms with E-state index in [-0.39, 0.29) is 21.7 Å². The monoisotopic (exact) mass is 1680 g/mol. The fourth-order valence-corrected chi connectivity index (χ4v) is 23.9. The van der Waals surface area contributed by atoms with Crippen LogP contribution in [0.25, 0.3) is 154 Å². The molecule has 0 atom stereocenters. The zero-order chi connectivity index (χ0) is 88.8. The van der Waals surface area contributed by atoms with Crippen molar-refractivity contribution < 1.29 is 0 Å². The molecular formula is C128H101N3. The number of nitrogens with zero attached hydrogens (tertiary/aromatic N) is 3. The van der Waals surface area contributed by atoms with E-state index < -0.39 is 0 Å². The molecule has 0 saturated carbocycles. The van der Waals surface area contributed by atoms with Crippen LogP contribution in [-0.4, -0.2) is 13.7 Å². The van der Waals surface area contributed by atoms with Gasteiger partial charge in [0.2, 0.25) is 0 Å². The summed E-state index contributed by atoms with van der Waals surface area (Å²) in [5.74, 6) is 0. The molecule has 0 aliphatic heterocycles. The van der Waals surface area contributed by atoms with E-state index in [0.717, 1.165) is 0 Å². The highest BCUT2D eigenvalue weighted by atomic mass is 14.9. The average Bonchev–Trinajstić information content (AvgIpc) is 1.53. The summed E-state index contributed by atoms with van der Waals surface area (Å²) in [4.78, 5) is 0. The molecule has 0 saturated heterocycles. The van der Waals surface area contributed by atoms with Gasteiger partial charge in [0.25, 0.3) is 0 Å². The molecule has 28 rings (SSSR count). The standard InChI is InChI=1S/2C26H18.C25H24.2C19H15N.C13H11N/c1-17-14-15-25-21(16-17)20-10-4-7-13-24(20)26(25)22-11-5-2-8-18(22)19-9-3-6-12-23(19)26;1-17-14-15-21-20-10-4-7-13-24(20)26(25(21)16-17)22-11-5-2-8-18(22)19-9-3-6-12-23(19)26;1-15-10-11-17-19-13-12-18-16-8-6-7-9-20(16)24(2,3)22(18)23(19)25(4,5)21(17)14-15;1-20-17-12-6-5-10-16(17)19-15(11-7-13-18(19)20)14-8-3-2-4-9-14;1-20-18-10-6-5-9-16(18)17-13-15(11-12-19(17)20)14-7-3-2-4-8-14;1-14-12-8-4-2-6-10(12)11-7-3-5-9-13(11)14/h2*2-16H,1H3;6-14H,1-5H3;2*2-13H,1H3;2-9H,1H3. The van der Waals surface area contributed by atoms with E-state index in [1.807, 2.05) is 0 Å². The number of benzene rings is 19. The highest BCUT2D eigenvalue weighted by Gasteiger charge is 2.54. The Hall–Kier alpha value is -15.4. The second-order valence-electron chi connectivity index (χ2n) is 37.5. The number of para-hydroxylation sites is 4. The largest absolute Gasteiger partial charge is 0.344 e. The molecule has 3 heterocycles. The molecule has 3 nitrogen and oxygen atoms in total. The van der Waals surface area contributed by atoms with Crippen LogP contribution >= 0.6 is 0 Å². The molecule has 6 aliphatic rings. The summed E-state index contributed by atoms with van der Waals surface area (Å²) in [7, 11) is 6.39. The molecule has 0 N–H and O–H groups in total. The minimum atomic E-state index is -0.189. The van der Waals surface area contributed by atoms with Crippen LogP contribution in [0.2, 0.25) is 0 Å². The first-order chi connectivity index (χ1) is 64.0. The van der Waals surface area contributed by atoms with E-state index >= 15 is 0 Å². The van der Waals surface area contributed by atoms with Crippen molar-refractivity contribution in [3.8, 4) is 89.0 Å². The maximum absolute atomic E-state index is 2.40. The quantitative estimate of drug-likeness (QED) is 0.164. The Balaban J connectivity index is 0.0000000902. The lowest BCUT2D eigenvalue weighted by molar-refractivity contribution is 0.601. The van der Waals surface area contributed by atoms with Gasteiger partial charge in [-0.3, -0.25) is 0 Å². The van der Waals surface area contributed by atoms with E-state index in [1.165, 1.54) is 238 Å². The van der Waals surface area contributed by atoms with E-state index in [9.17, 15) is 0 Å². The first-order valence-electron chi connectivity index (χ1n) is 46.2. The molecule has 628 valence electrons. The van der Waals surface area contributed by atoms with Crippen LogP contribution in [-0.2, 0) is 42.8 Å². The molecule has 6 aliphatic carbocycles. The second kappa shape index (κ2) is 31.2. The number of fused-ring (bicyclic) bond motifs is 36. The van der Waals surface area contributed by atoms with Crippen molar-refractivity contribution in [2.45, 2.75) is 70.1 Å². The summed E-state index contributed by atoms with van der Waals surface area (Å²) in [6, 6.07) is 157. The molecule has 22 aromatic rings. The zero-order valence-electron chi connectivity index (χ0n) is 75.8. The predicted octanol–water partition coefficient (Wildman–Crippen LogP) is 32.6. The fraction of sp³-hybridized carbons (Fsp3) is 0.109. The van der Waals surface area contributed by atoms with E-state index in [2.05, 4.69) is 514 Å². The smallest absolute Gasteiger partial charge is 0.0725 e. The number of aromatic nitrogens is 3. The molecule has 131 heavy (non-hydrogen) atoms. The molecular weight excluding hydrogens is 1580 g/mol. The lowest BCUT2D eigenvalue weighted by Gasteiger charge is -2.30. The fourth-order valence-electron chi connectivity index (χ4n) is 23.9. The topological polar surface area (TPSA) is 14.8 Å². The Kier molecular flexibility index (Phi) is 19.1. The molecule has 3 aromatic heterocycles. The van der Waals surface area contributed by atoms with Crippen LogP contribution in [0.4, 0.5) is 0 Å². The van der Waals surface area contributed by atoms with Crippen LogP contribution in [0, 0.1) is 20.8 Å². The number of aryl methyl sites for hydroxylation is 6. The number of rotatable bonds is 2. The Morgan fingerprint density at radius 2 is 0.458 bits per heavy atom. The van der Waals surface area contributed by atoms with E-state index in [1.54, 1.807) is 0 Å². The van der Waals surface area contributed by atoms with Crippen LogP contribution in [0.1, 0.15) is 111 Å². The first-order valence-corrected chi connectivity index (χ1v) is 46.2. The highest BCUT2D eigenvalue weighted by Crippen LogP contribution is 2.66. The summed E-state index contributed by atoms with van der Waals surface area (Å²) in [5.41, 5.74) is 50.5. The van der Waals surface area contributed by atoms with Gasteiger partial charge in [0.05, 0.1) is 10.8 Å². The highest BCUT2D eigenvalue weighted by molar-refractivity contribution is 6.15. The van der Waals surface area contributed by atoms with Crippen LogP contribution in [0.3, 0.4) is 0 Å². The van der Waals surface area contributed by atoms with Crippen LogP contribution in [0.15, 0.2) is 431 Å². The van der Waals surface area contributed by atoms with Gasteiger partial charge in [-0.2, -0.15) is 0 Å². The lowest BCUT2D eigenvalue weighted by atomic mass is 9.70. The minimum Gasteiger partial charge on any atom is -0.344 e. The summed E-state index contributed by atoms with van der Waals surface area (Å²) < 4.78 is 6.78. The van der Waals surface area contributed by atoms with Gasteiger partial charge in [-0.15, -0.1) is 0 Å². The first kappa shape index (κ1) is 80.2. The molecule has 2 spiro atoms. The van der Waals surface area contributed by atoms with Crippen molar-refractivity contribution >= 4 is 65.4 Å². The summed E-state index contributed by atoms with van der Waals surface area (Å²) in [6.07, 6.45) is 0. The van der Waals surface area contributed by atoms with E-state index in [0.29, 0.717) is 0 Å². The zero-order valence-corrected chi connectivity index (χ0v) is 75.8. The Bertz CT molecular complexity index is 8200. The Labute approximate surface area is 768 Å². The Morgan fingerprint density at radius 1 is 0.168 bits per heavy atom. The average molecular weight is 1680 g/mol. The van der Waals surface area contributed by atoms with Gasteiger partial charge in [-0.25, -0.2) is 0 Å². The summed E-state index contributed by atoms with van der Waals surface area (Å²) in [5, 5.41) is 7.99. The van der Waals surface area contributed by atoms with Crippen molar-refractivity contribution in [1.82, 2.24) is 13.7 Å². The van der Waals surface area contributed by atoms with Crippen LogP contribution < -0.4 is 0 Å². The maximum atomic E-state index is 2.40. The maximum Gasteiger partial charge on any atom is 0.0725 e. The predicted molar refractivity (Wildman–Crippen MR) is 553 cm³/mol. The van der Waals surface area contributed by atoms with Gasteiger partial charge in [0, 0.05) is 97.4 Å². The lowest BCUT2D eigenvalue weighted by Crippen LogP contribution is -2.25. The van der Waals surface area contributed by atoms with E-state index in [4.69, 9.17) is 0 Å². The summed E-state index contributed by atoms with van der Waals surface area (Å²) in [6.45, 7) is 16.2. The third-order valence-corrected chi connectivity index (χ3v) is 29.7. The van der Waals surface area contributed by atoms with Gasteiger partial charge in [0.1, 0.15) is 0 Å². The Morgan fingerprint density at radius 3 is 0.931 bits per heavy atom. The molecule has 19 aromatic carbocycles. The van der Waals surface area contributed by atoms with Gasteiger partial charge in [0.15, 0.2) is 0 Å². The van der Waals surface area contributed by atoms with Crippen molar-refractivity contribution in [3.63, 3.8) is 0 Å². The third kappa shape index (κ3) is 12.2. The third-order valence-electron chi connectivity index (χ3n) is 29.7. The number of hydrogen-bond donors (Lipinski definition) is 0. The molecule has 0 fully saturated rings.